The zero-order valence-electron chi connectivity index (χ0n) is 18.7. The Bertz CT molecular complexity index is 941. The predicted molar refractivity (Wildman–Crippen MR) is 121 cm³/mol. The highest BCUT2D eigenvalue weighted by molar-refractivity contribution is 6.04. The van der Waals surface area contributed by atoms with Crippen LogP contribution in [0.3, 0.4) is 0 Å². The molecule has 6 nitrogen and oxygen atoms in total. The Kier molecular flexibility index (Phi) is 7.28. The van der Waals surface area contributed by atoms with E-state index in [2.05, 4.69) is 19.4 Å². The number of nitrogens with zero attached hydrogens (tertiary/aromatic N) is 2. The molecule has 2 aromatic carbocycles. The average molecular weight is 428 g/mol. The number of hydrogen-bond acceptors (Lipinski definition) is 3. The first-order chi connectivity index (χ1) is 14.7. The second kappa shape index (κ2) is 9.92. The Labute approximate surface area is 183 Å². The van der Waals surface area contributed by atoms with Gasteiger partial charge in [-0.1, -0.05) is 6.07 Å². The van der Waals surface area contributed by atoms with Gasteiger partial charge in [0.1, 0.15) is 5.82 Å². The molecule has 0 heterocycles. The molecular formula is C24H32FN4O2+. The summed E-state index contributed by atoms with van der Waals surface area (Å²) in [6.45, 7) is 2.04. The van der Waals surface area contributed by atoms with Gasteiger partial charge in [-0.2, -0.15) is 0 Å². The van der Waals surface area contributed by atoms with Gasteiger partial charge in [0.05, 0.1) is 27.2 Å². The molecule has 1 fully saturated rings. The van der Waals surface area contributed by atoms with E-state index < -0.39 is 5.82 Å². The molecule has 1 saturated carbocycles. The van der Waals surface area contributed by atoms with E-state index in [9.17, 15) is 14.0 Å². The van der Waals surface area contributed by atoms with Gasteiger partial charge in [0, 0.05) is 43.5 Å². The molecule has 0 saturated heterocycles. The Balaban J connectivity index is 1.82. The fourth-order valence-corrected chi connectivity index (χ4v) is 3.48. The summed E-state index contributed by atoms with van der Waals surface area (Å²) >= 11 is 0. The van der Waals surface area contributed by atoms with Crippen LogP contribution in [-0.4, -0.2) is 58.0 Å². The SMILES string of the molecule is CN(C)c1ccc(NC(=O)c2cccc(F)c2)cc1CN(CC[NH+](C)C)C(=O)C1CC1. The lowest BCUT2D eigenvalue weighted by molar-refractivity contribution is -0.857. The molecule has 0 unspecified atom stereocenters. The summed E-state index contributed by atoms with van der Waals surface area (Å²) in [6.07, 6.45) is 1.93. The lowest BCUT2D eigenvalue weighted by Crippen LogP contribution is -3.06. The second-order valence-corrected chi connectivity index (χ2v) is 8.69. The molecule has 1 aliphatic carbocycles. The van der Waals surface area contributed by atoms with Gasteiger partial charge in [-0.15, -0.1) is 0 Å². The van der Waals surface area contributed by atoms with Gasteiger partial charge in [-0.25, -0.2) is 4.39 Å². The minimum absolute atomic E-state index is 0.149. The van der Waals surface area contributed by atoms with Gasteiger partial charge in [0.15, 0.2) is 0 Å². The summed E-state index contributed by atoms with van der Waals surface area (Å²) in [7, 11) is 8.07. The molecule has 1 aliphatic rings. The highest BCUT2D eigenvalue weighted by Crippen LogP contribution is 2.32. The maximum atomic E-state index is 13.5. The number of nitrogens with one attached hydrogen (secondary N) is 2. The van der Waals surface area contributed by atoms with Gasteiger partial charge in [0.25, 0.3) is 5.91 Å². The van der Waals surface area contributed by atoms with E-state index in [1.54, 1.807) is 6.07 Å². The quantitative estimate of drug-likeness (QED) is 0.644. The molecule has 0 radical (unpaired) electrons. The molecule has 2 aromatic rings. The third-order valence-corrected chi connectivity index (χ3v) is 5.39. The van der Waals surface area contributed by atoms with Crippen LogP contribution in [0.2, 0.25) is 0 Å². The van der Waals surface area contributed by atoms with Gasteiger partial charge < -0.3 is 20.0 Å². The summed E-state index contributed by atoms with van der Waals surface area (Å²) in [4.78, 5) is 30.7. The van der Waals surface area contributed by atoms with Crippen molar-refractivity contribution < 1.29 is 18.9 Å². The molecule has 2 N–H and O–H groups in total. The van der Waals surface area contributed by atoms with Crippen LogP contribution in [0.25, 0.3) is 0 Å². The van der Waals surface area contributed by atoms with Crippen LogP contribution in [0.15, 0.2) is 42.5 Å². The largest absolute Gasteiger partial charge is 0.377 e. The first-order valence-electron chi connectivity index (χ1n) is 10.7. The standard InChI is InChI=1S/C24H31FN4O2/c1-27(2)12-13-29(24(31)17-8-9-17)16-19-15-21(10-11-22(19)28(3)4)26-23(30)18-6-5-7-20(25)14-18/h5-7,10-11,14-15,17H,8-9,12-13,16H2,1-4H3,(H,26,30)/p+1. The van der Waals surface area contributed by atoms with Gasteiger partial charge >= 0.3 is 0 Å². The number of quaternary nitrogens is 1. The summed E-state index contributed by atoms with van der Waals surface area (Å²) in [5.74, 6) is -0.463. The molecular weight excluding hydrogens is 395 g/mol. The molecule has 166 valence electrons. The number of rotatable bonds is 9. The van der Waals surface area contributed by atoms with E-state index in [1.807, 2.05) is 42.1 Å². The zero-order valence-corrected chi connectivity index (χ0v) is 18.7. The topological polar surface area (TPSA) is 57.1 Å². The number of likely N-dealkylation sites (N-methyl/N-ethyl adjacent to an activating group) is 1. The maximum absolute atomic E-state index is 13.5. The molecule has 7 heteroatoms. The molecule has 3 rings (SSSR count). The number of hydrogen-bond donors (Lipinski definition) is 2. The highest BCUT2D eigenvalue weighted by Gasteiger charge is 2.33. The summed E-state index contributed by atoms with van der Waals surface area (Å²) in [6, 6.07) is 11.3. The fraction of sp³-hybridized carbons (Fsp3) is 0.417. The highest BCUT2D eigenvalue weighted by atomic mass is 19.1. The number of amides is 2. The van der Waals surface area contributed by atoms with Crippen molar-refractivity contribution in [3.05, 3.63) is 59.4 Å². The number of carbonyl (C=O) groups excluding carboxylic acids is 2. The van der Waals surface area contributed by atoms with Crippen LogP contribution in [0.1, 0.15) is 28.8 Å². The van der Waals surface area contributed by atoms with Crippen molar-refractivity contribution in [2.45, 2.75) is 19.4 Å². The van der Waals surface area contributed by atoms with E-state index in [4.69, 9.17) is 0 Å². The minimum Gasteiger partial charge on any atom is -0.377 e. The molecule has 0 spiro atoms. The lowest BCUT2D eigenvalue weighted by Gasteiger charge is -2.26. The zero-order chi connectivity index (χ0) is 22.5. The van der Waals surface area contributed by atoms with Crippen LogP contribution >= 0.6 is 0 Å². The van der Waals surface area contributed by atoms with Crippen molar-refractivity contribution in [3.8, 4) is 0 Å². The van der Waals surface area contributed by atoms with Crippen molar-refractivity contribution in [2.24, 2.45) is 5.92 Å². The number of anilines is 2. The normalized spacial score (nSPS) is 13.2. The maximum Gasteiger partial charge on any atom is 0.255 e. The minimum atomic E-state index is -0.450. The van der Waals surface area contributed by atoms with E-state index in [0.29, 0.717) is 18.8 Å². The van der Waals surface area contributed by atoms with Crippen molar-refractivity contribution in [3.63, 3.8) is 0 Å². The first kappa shape index (κ1) is 22.7. The Hall–Kier alpha value is -2.93. The van der Waals surface area contributed by atoms with Gasteiger partial charge in [-0.3, -0.25) is 9.59 Å². The number of benzene rings is 2. The van der Waals surface area contributed by atoms with Crippen LogP contribution in [0, 0.1) is 11.7 Å². The summed E-state index contributed by atoms with van der Waals surface area (Å²) in [5, 5.41) is 2.85. The second-order valence-electron chi connectivity index (χ2n) is 8.69. The van der Waals surface area contributed by atoms with Crippen LogP contribution in [0.5, 0.6) is 0 Å². The fourth-order valence-electron chi connectivity index (χ4n) is 3.48. The van der Waals surface area contributed by atoms with Gasteiger partial charge in [0.2, 0.25) is 5.91 Å². The first-order valence-corrected chi connectivity index (χ1v) is 10.7. The molecule has 0 atom stereocenters. The van der Waals surface area contributed by atoms with Crippen LogP contribution in [-0.2, 0) is 11.3 Å². The van der Waals surface area contributed by atoms with Crippen molar-refractivity contribution in [1.82, 2.24) is 4.90 Å². The van der Waals surface area contributed by atoms with Gasteiger partial charge in [-0.05, 0) is 54.8 Å². The third-order valence-electron chi connectivity index (χ3n) is 5.39. The smallest absolute Gasteiger partial charge is 0.255 e. The Morgan fingerprint density at radius 1 is 1.13 bits per heavy atom. The van der Waals surface area contributed by atoms with Crippen LogP contribution < -0.4 is 15.1 Å². The Morgan fingerprint density at radius 2 is 1.87 bits per heavy atom. The van der Waals surface area contributed by atoms with Crippen molar-refractivity contribution in [2.75, 3.05) is 51.5 Å². The van der Waals surface area contributed by atoms with Crippen molar-refractivity contribution in [1.29, 1.82) is 0 Å². The third kappa shape index (κ3) is 6.28. The van der Waals surface area contributed by atoms with E-state index in [1.165, 1.54) is 23.1 Å². The average Bonchev–Trinajstić information content (AvgIpc) is 3.55. The Morgan fingerprint density at radius 3 is 2.48 bits per heavy atom. The van der Waals surface area contributed by atoms with E-state index >= 15 is 0 Å². The molecule has 0 bridgehead atoms. The monoisotopic (exact) mass is 427 g/mol. The molecule has 0 aromatic heterocycles. The van der Waals surface area contributed by atoms with Crippen LogP contribution in [0.4, 0.5) is 15.8 Å². The number of halogens is 1. The molecule has 2 amide bonds. The predicted octanol–water partition coefficient (Wildman–Crippen LogP) is 2.03. The summed E-state index contributed by atoms with van der Waals surface area (Å²) in [5.41, 5.74) is 2.84. The van der Waals surface area contributed by atoms with Crippen molar-refractivity contribution >= 4 is 23.2 Å². The van der Waals surface area contributed by atoms with E-state index in [0.717, 1.165) is 30.6 Å². The molecule has 0 aliphatic heterocycles. The number of carbonyl (C=O) groups is 2. The van der Waals surface area contributed by atoms with E-state index in [-0.39, 0.29) is 23.3 Å². The molecule has 31 heavy (non-hydrogen) atoms. The lowest BCUT2D eigenvalue weighted by atomic mass is 10.1. The summed E-state index contributed by atoms with van der Waals surface area (Å²) < 4.78 is 13.5.